The lowest BCUT2D eigenvalue weighted by molar-refractivity contribution is -0.123. The number of sulfonamides is 1. The molecule has 1 heterocycles. The van der Waals surface area contributed by atoms with Crippen molar-refractivity contribution >= 4 is 28.3 Å². The number of nitrogens with one attached hydrogen (secondary N) is 2. The van der Waals surface area contributed by atoms with E-state index in [-0.39, 0.29) is 35.5 Å². The molecule has 1 atom stereocenters. The molecule has 0 bridgehead atoms. The van der Waals surface area contributed by atoms with Gasteiger partial charge >= 0.3 is 6.18 Å². The van der Waals surface area contributed by atoms with Crippen molar-refractivity contribution in [2.75, 3.05) is 26.2 Å². The monoisotopic (exact) mass is 401 g/mol. The minimum absolute atomic E-state index is 0. The van der Waals surface area contributed by atoms with Crippen LogP contribution in [0.2, 0.25) is 0 Å². The summed E-state index contributed by atoms with van der Waals surface area (Å²) in [6.07, 6.45) is -4.53. The van der Waals surface area contributed by atoms with E-state index in [4.69, 9.17) is 0 Å². The van der Waals surface area contributed by atoms with Gasteiger partial charge in [-0.25, -0.2) is 8.42 Å². The van der Waals surface area contributed by atoms with Crippen molar-refractivity contribution in [3.05, 3.63) is 29.8 Å². The van der Waals surface area contributed by atoms with Crippen LogP contribution in [0.15, 0.2) is 29.2 Å². The summed E-state index contributed by atoms with van der Waals surface area (Å²) in [5.74, 6) is -0.974. The molecule has 1 aromatic carbocycles. The van der Waals surface area contributed by atoms with Crippen LogP contribution >= 0.6 is 12.4 Å². The van der Waals surface area contributed by atoms with E-state index in [1.54, 1.807) is 12.2 Å². The van der Waals surface area contributed by atoms with Crippen molar-refractivity contribution in [2.45, 2.75) is 24.0 Å². The SMILES string of the molecule is CC1CNCCN1S(=O)(=O)c1cccc(C(=O)NCC(F)(F)F)c1.Cl. The third-order valence-electron chi connectivity index (χ3n) is 3.59. The fourth-order valence-electron chi connectivity index (χ4n) is 2.40. The number of piperazine rings is 1. The van der Waals surface area contributed by atoms with Crippen LogP contribution in [0.5, 0.6) is 0 Å². The molecule has 0 aliphatic carbocycles. The highest BCUT2D eigenvalue weighted by molar-refractivity contribution is 7.89. The summed E-state index contributed by atoms with van der Waals surface area (Å²) in [5, 5.41) is 4.80. The molecule has 1 amide bonds. The van der Waals surface area contributed by atoms with Crippen LogP contribution in [0.1, 0.15) is 17.3 Å². The molecule has 1 fully saturated rings. The molecule has 2 rings (SSSR count). The molecule has 0 radical (unpaired) electrons. The summed E-state index contributed by atoms with van der Waals surface area (Å²) < 4.78 is 63.2. The Bertz CT molecular complexity index is 713. The first-order chi connectivity index (χ1) is 11.1. The first kappa shape index (κ1) is 21.7. The molecule has 1 aliphatic heterocycles. The molecular weight excluding hydrogens is 383 g/mol. The first-order valence-corrected chi connectivity index (χ1v) is 8.73. The van der Waals surface area contributed by atoms with E-state index in [2.05, 4.69) is 5.32 Å². The fourth-order valence-corrected chi connectivity index (χ4v) is 4.07. The second-order valence-corrected chi connectivity index (χ2v) is 7.39. The van der Waals surface area contributed by atoms with Gasteiger partial charge in [-0.15, -0.1) is 12.4 Å². The van der Waals surface area contributed by atoms with Crippen LogP contribution in [0, 0.1) is 0 Å². The Labute approximate surface area is 150 Å². The number of hydrogen-bond acceptors (Lipinski definition) is 4. The molecule has 0 spiro atoms. The number of halogens is 4. The molecule has 11 heteroatoms. The average Bonchev–Trinajstić information content (AvgIpc) is 2.52. The van der Waals surface area contributed by atoms with Crippen LogP contribution in [-0.4, -0.2) is 57.0 Å². The molecule has 2 N–H and O–H groups in total. The molecular formula is C14H19ClF3N3O3S. The highest BCUT2D eigenvalue weighted by atomic mass is 35.5. The smallest absolute Gasteiger partial charge is 0.343 e. The van der Waals surface area contributed by atoms with Gasteiger partial charge in [0.05, 0.1) is 4.90 Å². The van der Waals surface area contributed by atoms with Gasteiger partial charge in [0.25, 0.3) is 5.91 Å². The van der Waals surface area contributed by atoms with Crippen LogP contribution in [0.4, 0.5) is 13.2 Å². The van der Waals surface area contributed by atoms with Gasteiger partial charge in [0, 0.05) is 31.2 Å². The summed E-state index contributed by atoms with van der Waals surface area (Å²) in [6, 6.07) is 4.76. The Morgan fingerprint density at radius 1 is 1.40 bits per heavy atom. The zero-order valence-electron chi connectivity index (χ0n) is 13.3. The maximum Gasteiger partial charge on any atom is 0.405 e. The fraction of sp³-hybridized carbons (Fsp3) is 0.500. The van der Waals surface area contributed by atoms with E-state index in [1.807, 2.05) is 0 Å². The third kappa shape index (κ3) is 5.56. The van der Waals surface area contributed by atoms with Crippen molar-refractivity contribution < 1.29 is 26.4 Å². The summed E-state index contributed by atoms with van der Waals surface area (Å²) in [6.45, 7) is 1.58. The Balaban J connectivity index is 0.00000312. The number of alkyl halides is 3. The van der Waals surface area contributed by atoms with Gasteiger partial charge in [0.1, 0.15) is 6.54 Å². The maximum atomic E-state index is 12.7. The number of benzene rings is 1. The minimum Gasteiger partial charge on any atom is -0.343 e. The topological polar surface area (TPSA) is 78.5 Å². The van der Waals surface area contributed by atoms with Gasteiger partial charge in [-0.2, -0.15) is 17.5 Å². The van der Waals surface area contributed by atoms with E-state index in [1.165, 1.54) is 22.5 Å². The first-order valence-electron chi connectivity index (χ1n) is 7.29. The van der Waals surface area contributed by atoms with Gasteiger partial charge in [-0.1, -0.05) is 6.07 Å². The van der Waals surface area contributed by atoms with E-state index >= 15 is 0 Å². The largest absolute Gasteiger partial charge is 0.405 e. The van der Waals surface area contributed by atoms with Gasteiger partial charge in [-0.05, 0) is 25.1 Å². The van der Waals surface area contributed by atoms with Gasteiger partial charge in [-0.3, -0.25) is 4.79 Å². The molecule has 0 saturated carbocycles. The molecule has 25 heavy (non-hydrogen) atoms. The van der Waals surface area contributed by atoms with Gasteiger partial charge in [0.2, 0.25) is 10.0 Å². The molecule has 1 aromatic rings. The third-order valence-corrected chi connectivity index (χ3v) is 5.60. The van der Waals surface area contributed by atoms with Crippen molar-refractivity contribution in [3.63, 3.8) is 0 Å². The Kier molecular flexibility index (Phi) is 7.24. The predicted molar refractivity (Wildman–Crippen MR) is 88.3 cm³/mol. The lowest BCUT2D eigenvalue weighted by Crippen LogP contribution is -2.52. The summed E-state index contributed by atoms with van der Waals surface area (Å²) in [5.41, 5.74) is -0.136. The van der Waals surface area contributed by atoms with Crippen LogP contribution in [0.25, 0.3) is 0 Å². The quantitative estimate of drug-likeness (QED) is 0.799. The highest BCUT2D eigenvalue weighted by Crippen LogP contribution is 2.20. The zero-order valence-corrected chi connectivity index (χ0v) is 15.0. The number of hydrogen-bond donors (Lipinski definition) is 2. The number of carbonyl (C=O) groups is 1. The summed E-state index contributed by atoms with van der Waals surface area (Å²) >= 11 is 0. The van der Waals surface area contributed by atoms with Crippen molar-refractivity contribution in [1.29, 1.82) is 0 Å². The van der Waals surface area contributed by atoms with Gasteiger partial charge < -0.3 is 10.6 Å². The average molecular weight is 402 g/mol. The Hall–Kier alpha value is -1.36. The summed E-state index contributed by atoms with van der Waals surface area (Å²) in [4.78, 5) is 11.7. The number of rotatable bonds is 4. The van der Waals surface area contributed by atoms with E-state index in [9.17, 15) is 26.4 Å². The second kappa shape index (κ2) is 8.35. The molecule has 1 unspecified atom stereocenters. The van der Waals surface area contributed by atoms with Crippen LogP contribution in [-0.2, 0) is 10.0 Å². The number of nitrogens with zero attached hydrogens (tertiary/aromatic N) is 1. The molecule has 6 nitrogen and oxygen atoms in total. The van der Waals surface area contributed by atoms with E-state index in [0.29, 0.717) is 13.1 Å². The Morgan fingerprint density at radius 2 is 2.08 bits per heavy atom. The Morgan fingerprint density at radius 3 is 2.68 bits per heavy atom. The van der Waals surface area contributed by atoms with Crippen LogP contribution in [0.3, 0.4) is 0 Å². The highest BCUT2D eigenvalue weighted by Gasteiger charge is 2.32. The maximum absolute atomic E-state index is 12.7. The van der Waals surface area contributed by atoms with Gasteiger partial charge in [0.15, 0.2) is 0 Å². The van der Waals surface area contributed by atoms with Crippen molar-refractivity contribution in [2.24, 2.45) is 0 Å². The van der Waals surface area contributed by atoms with E-state index in [0.717, 1.165) is 6.07 Å². The lowest BCUT2D eigenvalue weighted by Gasteiger charge is -2.32. The lowest BCUT2D eigenvalue weighted by atomic mass is 10.2. The normalized spacial score (nSPS) is 19.1. The van der Waals surface area contributed by atoms with Crippen LogP contribution < -0.4 is 10.6 Å². The molecule has 142 valence electrons. The van der Waals surface area contributed by atoms with E-state index < -0.39 is 28.7 Å². The minimum atomic E-state index is -4.53. The predicted octanol–water partition coefficient (Wildman–Crippen LogP) is 1.38. The summed E-state index contributed by atoms with van der Waals surface area (Å²) in [7, 11) is -3.82. The number of amides is 1. The second-order valence-electron chi connectivity index (χ2n) is 5.49. The number of carbonyl (C=O) groups excluding carboxylic acids is 1. The molecule has 0 aromatic heterocycles. The molecule has 1 aliphatic rings. The van der Waals surface area contributed by atoms with Crippen molar-refractivity contribution in [1.82, 2.24) is 14.9 Å². The van der Waals surface area contributed by atoms with Crippen molar-refractivity contribution in [3.8, 4) is 0 Å². The standard InChI is InChI=1S/C14H18F3N3O3S.ClH/c1-10-8-18-5-6-20(10)24(22,23)12-4-2-3-11(7-12)13(21)19-9-14(15,16)17;/h2-4,7,10,18H,5-6,8-9H2,1H3,(H,19,21);1H. The molecule has 1 saturated heterocycles. The zero-order chi connectivity index (χ0) is 18.0.